The second-order valence-electron chi connectivity index (χ2n) is 4.47. The van der Waals surface area contributed by atoms with Gasteiger partial charge in [-0.25, -0.2) is 0 Å². The van der Waals surface area contributed by atoms with Crippen LogP contribution in [0.4, 0.5) is 0 Å². The topological polar surface area (TPSA) is 66.0 Å². The van der Waals surface area contributed by atoms with Crippen LogP contribution in [0, 0.1) is 6.92 Å². The molecule has 2 aromatic rings. The van der Waals surface area contributed by atoms with E-state index >= 15 is 0 Å². The molecule has 82 valence electrons. The summed E-state index contributed by atoms with van der Waals surface area (Å²) in [6.45, 7) is 1.94. The van der Waals surface area contributed by atoms with Gasteiger partial charge in [0.1, 0.15) is 0 Å². The first-order chi connectivity index (χ1) is 7.63. The Kier molecular flexibility index (Phi) is 1.67. The number of nitrogens with zero attached hydrogens (tertiary/aromatic N) is 1. The van der Waals surface area contributed by atoms with Crippen LogP contribution in [-0.4, -0.2) is 21.3 Å². The Morgan fingerprint density at radius 2 is 2.25 bits per heavy atom. The van der Waals surface area contributed by atoms with Crippen LogP contribution in [0.25, 0.3) is 10.9 Å². The lowest BCUT2D eigenvalue weighted by Crippen LogP contribution is -2.19. The van der Waals surface area contributed by atoms with E-state index in [2.05, 4.69) is 10.2 Å². The number of H-pyrrole nitrogens is 1. The number of benzene rings is 1. The van der Waals surface area contributed by atoms with Gasteiger partial charge in [0.15, 0.2) is 0 Å². The Morgan fingerprint density at radius 1 is 1.50 bits per heavy atom. The van der Waals surface area contributed by atoms with Crippen LogP contribution in [0.5, 0.6) is 0 Å². The number of aromatic amines is 1. The predicted octanol–water partition coefficient (Wildman–Crippen LogP) is 1.99. The number of carbonyl (C=O) groups is 1. The zero-order valence-corrected chi connectivity index (χ0v) is 8.95. The molecule has 0 saturated heterocycles. The monoisotopic (exact) mass is 216 g/mol. The van der Waals surface area contributed by atoms with Crippen LogP contribution in [0.1, 0.15) is 24.1 Å². The number of aryl methyl sites for hydroxylation is 1. The lowest BCUT2D eigenvalue weighted by molar-refractivity contribution is -0.140. The number of nitrogens with one attached hydrogen (secondary N) is 1. The third-order valence-corrected chi connectivity index (χ3v) is 3.46. The summed E-state index contributed by atoms with van der Waals surface area (Å²) in [6, 6.07) is 5.72. The van der Waals surface area contributed by atoms with Crippen molar-refractivity contribution in [2.75, 3.05) is 0 Å². The molecule has 0 unspecified atom stereocenters. The summed E-state index contributed by atoms with van der Waals surface area (Å²) in [7, 11) is 0. The third kappa shape index (κ3) is 1.10. The van der Waals surface area contributed by atoms with Gasteiger partial charge < -0.3 is 5.11 Å². The van der Waals surface area contributed by atoms with Gasteiger partial charge in [-0.2, -0.15) is 5.10 Å². The van der Waals surface area contributed by atoms with E-state index in [0.717, 1.165) is 35.0 Å². The summed E-state index contributed by atoms with van der Waals surface area (Å²) in [4.78, 5) is 11.2. The molecule has 1 aliphatic carbocycles. The van der Waals surface area contributed by atoms with Crippen LogP contribution in [0.2, 0.25) is 0 Å². The van der Waals surface area contributed by atoms with Gasteiger partial charge in [0.25, 0.3) is 0 Å². The van der Waals surface area contributed by atoms with Crippen molar-refractivity contribution in [1.29, 1.82) is 0 Å². The van der Waals surface area contributed by atoms with Crippen LogP contribution in [-0.2, 0) is 10.2 Å². The molecule has 16 heavy (non-hydrogen) atoms. The fourth-order valence-electron chi connectivity index (χ4n) is 2.19. The summed E-state index contributed by atoms with van der Waals surface area (Å²) < 4.78 is 0. The smallest absolute Gasteiger partial charge is 0.314 e. The molecule has 0 bridgehead atoms. The maximum Gasteiger partial charge on any atom is 0.314 e. The van der Waals surface area contributed by atoms with Crippen LogP contribution < -0.4 is 0 Å². The fraction of sp³-hybridized carbons (Fsp3) is 0.333. The number of hydrogen-bond donors (Lipinski definition) is 2. The lowest BCUT2D eigenvalue weighted by Gasteiger charge is -2.09. The first-order valence-corrected chi connectivity index (χ1v) is 5.32. The molecule has 3 rings (SSSR count). The maximum atomic E-state index is 11.2. The van der Waals surface area contributed by atoms with Gasteiger partial charge in [-0.15, -0.1) is 0 Å². The third-order valence-electron chi connectivity index (χ3n) is 3.46. The summed E-state index contributed by atoms with van der Waals surface area (Å²) in [5.41, 5.74) is 2.15. The quantitative estimate of drug-likeness (QED) is 0.806. The largest absolute Gasteiger partial charge is 0.481 e. The van der Waals surface area contributed by atoms with Crippen LogP contribution in [0.15, 0.2) is 18.2 Å². The highest BCUT2D eigenvalue weighted by molar-refractivity contribution is 5.88. The van der Waals surface area contributed by atoms with E-state index in [4.69, 9.17) is 0 Å². The summed E-state index contributed by atoms with van der Waals surface area (Å²) in [5, 5.41) is 17.3. The minimum Gasteiger partial charge on any atom is -0.481 e. The average Bonchev–Trinajstić information content (AvgIpc) is 3.01. The number of aliphatic carboxylic acids is 1. The number of fused-ring (bicyclic) bond motifs is 1. The Balaban J connectivity index is 2.18. The average molecular weight is 216 g/mol. The molecule has 1 saturated carbocycles. The van der Waals surface area contributed by atoms with Crippen molar-refractivity contribution in [2.45, 2.75) is 25.2 Å². The van der Waals surface area contributed by atoms with Gasteiger partial charge in [-0.3, -0.25) is 9.89 Å². The summed E-state index contributed by atoms with van der Waals surface area (Å²) in [5.74, 6) is -0.715. The van der Waals surface area contributed by atoms with Gasteiger partial charge in [0.05, 0.1) is 10.9 Å². The SMILES string of the molecule is Cc1[nH]nc2ccc(C3(C(=O)O)CC3)cc12. The van der Waals surface area contributed by atoms with Crippen molar-refractivity contribution in [1.82, 2.24) is 10.2 Å². The van der Waals surface area contributed by atoms with Crippen LogP contribution in [0.3, 0.4) is 0 Å². The summed E-state index contributed by atoms with van der Waals surface area (Å²) in [6.07, 6.45) is 1.48. The number of hydrogen-bond acceptors (Lipinski definition) is 2. The van der Waals surface area contributed by atoms with E-state index in [1.54, 1.807) is 0 Å². The molecular weight excluding hydrogens is 204 g/mol. The Labute approximate surface area is 92.3 Å². The molecule has 0 radical (unpaired) electrons. The van der Waals surface area contributed by atoms with Crippen molar-refractivity contribution in [3.05, 3.63) is 29.5 Å². The highest BCUT2D eigenvalue weighted by Crippen LogP contribution is 2.48. The van der Waals surface area contributed by atoms with E-state index in [1.165, 1.54) is 0 Å². The number of rotatable bonds is 2. The van der Waals surface area contributed by atoms with E-state index in [0.29, 0.717) is 0 Å². The highest BCUT2D eigenvalue weighted by atomic mass is 16.4. The van der Waals surface area contributed by atoms with Gasteiger partial charge in [0, 0.05) is 11.1 Å². The minimum atomic E-state index is -0.715. The van der Waals surface area contributed by atoms with Gasteiger partial charge in [-0.1, -0.05) is 6.07 Å². The van der Waals surface area contributed by atoms with Crippen molar-refractivity contribution < 1.29 is 9.90 Å². The summed E-state index contributed by atoms with van der Waals surface area (Å²) >= 11 is 0. The molecule has 0 spiro atoms. The molecule has 1 aliphatic rings. The fourth-order valence-corrected chi connectivity index (χ4v) is 2.19. The van der Waals surface area contributed by atoms with E-state index < -0.39 is 11.4 Å². The molecule has 0 amide bonds. The minimum absolute atomic E-state index is 0.627. The van der Waals surface area contributed by atoms with Crippen LogP contribution >= 0.6 is 0 Å². The van der Waals surface area contributed by atoms with E-state index in [9.17, 15) is 9.90 Å². The Bertz CT molecular complexity index is 582. The lowest BCUT2D eigenvalue weighted by atomic mass is 9.95. The number of aromatic nitrogens is 2. The number of carboxylic acids is 1. The van der Waals surface area contributed by atoms with Crippen molar-refractivity contribution in [3.8, 4) is 0 Å². The molecule has 0 atom stereocenters. The normalized spacial score (nSPS) is 17.6. The van der Waals surface area contributed by atoms with E-state index in [-0.39, 0.29) is 0 Å². The highest BCUT2D eigenvalue weighted by Gasteiger charge is 2.51. The van der Waals surface area contributed by atoms with Gasteiger partial charge >= 0.3 is 5.97 Å². The van der Waals surface area contributed by atoms with Gasteiger partial charge in [-0.05, 0) is 37.5 Å². The Morgan fingerprint density at radius 3 is 2.88 bits per heavy atom. The predicted molar refractivity (Wildman–Crippen MR) is 59.4 cm³/mol. The number of carboxylic acid groups (broad SMARTS) is 1. The Hall–Kier alpha value is -1.84. The molecule has 4 nitrogen and oxygen atoms in total. The second-order valence-corrected chi connectivity index (χ2v) is 4.47. The zero-order chi connectivity index (χ0) is 11.3. The first-order valence-electron chi connectivity index (χ1n) is 5.32. The second kappa shape index (κ2) is 2.84. The standard InChI is InChI=1S/C12H12N2O2/c1-7-9-6-8(2-3-10(9)14-13-7)12(4-5-12)11(15)16/h2-3,6H,4-5H2,1H3,(H,13,14)(H,15,16). The molecule has 1 fully saturated rings. The van der Waals surface area contributed by atoms with Crippen molar-refractivity contribution in [3.63, 3.8) is 0 Å². The molecule has 0 aliphatic heterocycles. The van der Waals surface area contributed by atoms with Gasteiger partial charge in [0.2, 0.25) is 0 Å². The molecule has 1 heterocycles. The zero-order valence-electron chi connectivity index (χ0n) is 8.95. The van der Waals surface area contributed by atoms with E-state index in [1.807, 2.05) is 25.1 Å². The first kappa shape index (κ1) is 9.39. The van der Waals surface area contributed by atoms with Crippen molar-refractivity contribution >= 4 is 16.9 Å². The molecule has 1 aromatic heterocycles. The molecular formula is C12H12N2O2. The van der Waals surface area contributed by atoms with Crippen molar-refractivity contribution in [2.24, 2.45) is 0 Å². The molecule has 2 N–H and O–H groups in total. The molecule has 1 aromatic carbocycles. The maximum absolute atomic E-state index is 11.2. The molecule has 4 heteroatoms.